The van der Waals surface area contributed by atoms with Crippen molar-refractivity contribution in [1.82, 2.24) is 0 Å². The summed E-state index contributed by atoms with van der Waals surface area (Å²) in [6.45, 7) is 2.30. The predicted octanol–water partition coefficient (Wildman–Crippen LogP) is 7.90. The van der Waals surface area contributed by atoms with Crippen molar-refractivity contribution in [2.75, 3.05) is 5.75 Å². The van der Waals surface area contributed by atoms with Crippen LogP contribution in [0.4, 0.5) is 0 Å². The van der Waals surface area contributed by atoms with Crippen molar-refractivity contribution in [3.63, 3.8) is 0 Å². The van der Waals surface area contributed by atoms with Gasteiger partial charge in [-0.05, 0) is 23.0 Å². The van der Waals surface area contributed by atoms with E-state index in [1.54, 1.807) is 0 Å². The molecule has 0 aliphatic carbocycles. The van der Waals surface area contributed by atoms with Gasteiger partial charge in [-0.15, -0.1) is 0 Å². The first-order valence-electron chi connectivity index (χ1n) is 10.0. The van der Waals surface area contributed by atoms with Gasteiger partial charge in [0.25, 0.3) is 0 Å². The summed E-state index contributed by atoms with van der Waals surface area (Å²) >= 11 is 0. The first-order chi connectivity index (χ1) is 10.9. The highest BCUT2D eigenvalue weighted by atomic mass is 32.2. The van der Waals surface area contributed by atoms with Crippen molar-refractivity contribution in [2.45, 2.75) is 103 Å². The Hall–Kier alpha value is -0.170. The monoisotopic (exact) mass is 324 g/mol. The molecule has 0 spiro atoms. The molecule has 0 bridgehead atoms. The van der Waals surface area contributed by atoms with Crippen LogP contribution in [-0.4, -0.2) is 5.75 Å². The van der Waals surface area contributed by atoms with E-state index in [4.69, 9.17) is 0 Å². The van der Waals surface area contributed by atoms with E-state index in [9.17, 15) is 0 Å². The second-order valence-electron chi connectivity index (χ2n) is 6.87. The molecule has 0 saturated heterocycles. The Kier molecular flexibility index (Phi) is 14.2. The maximum atomic E-state index is 2.40. The lowest BCUT2D eigenvalue weighted by Gasteiger charge is -2.09. The molecule has 0 fully saturated rings. The number of hydrogen-bond donors (Lipinski definition) is 1. The minimum atomic E-state index is 0.152. The van der Waals surface area contributed by atoms with E-state index in [0.717, 1.165) is 0 Å². The molecule has 22 heavy (non-hydrogen) atoms. The van der Waals surface area contributed by atoms with Crippen LogP contribution in [-0.2, 0) is 0 Å². The normalized spacial score (nSPS) is 15.0. The van der Waals surface area contributed by atoms with Crippen LogP contribution >= 0.6 is 10.9 Å². The zero-order chi connectivity index (χ0) is 15.7. The van der Waals surface area contributed by atoms with Gasteiger partial charge in [0.2, 0.25) is 0 Å². The van der Waals surface area contributed by atoms with Gasteiger partial charge in [0.1, 0.15) is 0 Å². The highest BCUT2D eigenvalue weighted by molar-refractivity contribution is 8.22. The standard InChI is InChI=1S/C21H40S/c1-2-3-4-5-6-7-8-9-10-11-12-13-14-15-16-19-22-20-17-18-21-22/h17-18,20-22H,2-16,19H2,1H3. The Labute approximate surface area is 143 Å². The molecular formula is C21H40S. The van der Waals surface area contributed by atoms with Gasteiger partial charge in [0.05, 0.1) is 0 Å². The van der Waals surface area contributed by atoms with Gasteiger partial charge in [0, 0.05) is 0 Å². The Bertz CT molecular complexity index is 268. The Balaban J connectivity index is 1.66. The molecule has 0 aromatic carbocycles. The van der Waals surface area contributed by atoms with Gasteiger partial charge in [-0.2, -0.15) is 0 Å². The van der Waals surface area contributed by atoms with Crippen LogP contribution in [0.5, 0.6) is 0 Å². The van der Waals surface area contributed by atoms with Crippen LogP contribution in [0.3, 0.4) is 0 Å². The van der Waals surface area contributed by atoms with Crippen molar-refractivity contribution >= 4 is 10.9 Å². The molecule has 130 valence electrons. The van der Waals surface area contributed by atoms with Crippen molar-refractivity contribution in [3.8, 4) is 0 Å². The Morgan fingerprint density at radius 3 is 1.27 bits per heavy atom. The predicted molar refractivity (Wildman–Crippen MR) is 107 cm³/mol. The van der Waals surface area contributed by atoms with Crippen LogP contribution in [0.1, 0.15) is 103 Å². The van der Waals surface area contributed by atoms with Crippen LogP contribution in [0, 0.1) is 0 Å². The third kappa shape index (κ3) is 12.4. The Morgan fingerprint density at radius 2 is 0.864 bits per heavy atom. The third-order valence-corrected chi connectivity index (χ3v) is 6.63. The van der Waals surface area contributed by atoms with Gasteiger partial charge in [-0.3, -0.25) is 0 Å². The number of allylic oxidation sites excluding steroid dienone is 2. The van der Waals surface area contributed by atoms with Gasteiger partial charge in [-0.25, -0.2) is 10.9 Å². The Morgan fingerprint density at radius 1 is 0.500 bits per heavy atom. The molecule has 0 unspecified atom stereocenters. The van der Waals surface area contributed by atoms with Crippen molar-refractivity contribution < 1.29 is 0 Å². The molecular weight excluding hydrogens is 284 g/mol. The average Bonchev–Trinajstić information content (AvgIpc) is 3.04. The lowest BCUT2D eigenvalue weighted by molar-refractivity contribution is 0.535. The van der Waals surface area contributed by atoms with Crippen LogP contribution < -0.4 is 0 Å². The lowest BCUT2D eigenvalue weighted by atomic mass is 10.0. The van der Waals surface area contributed by atoms with E-state index in [-0.39, 0.29) is 10.9 Å². The largest absolute Gasteiger partial charge is 0.213 e. The molecule has 0 radical (unpaired) electrons. The molecule has 1 aliphatic rings. The molecule has 0 aromatic rings. The minimum absolute atomic E-state index is 0.152. The maximum absolute atomic E-state index is 2.40. The summed E-state index contributed by atoms with van der Waals surface area (Å²) in [4.78, 5) is 0. The van der Waals surface area contributed by atoms with Crippen molar-refractivity contribution in [2.24, 2.45) is 0 Å². The average molecular weight is 325 g/mol. The van der Waals surface area contributed by atoms with E-state index in [0.29, 0.717) is 0 Å². The summed E-state index contributed by atoms with van der Waals surface area (Å²) in [7, 11) is 0.152. The van der Waals surface area contributed by atoms with Gasteiger partial charge < -0.3 is 0 Å². The molecule has 0 saturated carbocycles. The first-order valence-corrected chi connectivity index (χ1v) is 11.7. The quantitative estimate of drug-likeness (QED) is 0.216. The van der Waals surface area contributed by atoms with Crippen molar-refractivity contribution in [1.29, 1.82) is 0 Å². The van der Waals surface area contributed by atoms with Crippen LogP contribution in [0.2, 0.25) is 0 Å². The highest BCUT2D eigenvalue weighted by Crippen LogP contribution is 2.33. The fourth-order valence-electron chi connectivity index (χ4n) is 3.18. The van der Waals surface area contributed by atoms with E-state index in [1.807, 2.05) is 0 Å². The SMILES string of the molecule is CCCCCCCCCCCCCCCCC[SH]1C=CC=C1. The zero-order valence-corrected chi connectivity index (χ0v) is 16.0. The van der Waals surface area contributed by atoms with Gasteiger partial charge in [-0.1, -0.05) is 109 Å². The fourth-order valence-corrected chi connectivity index (χ4v) is 4.81. The molecule has 0 N–H and O–H groups in total. The molecule has 1 heterocycles. The van der Waals surface area contributed by atoms with Gasteiger partial charge in [0.15, 0.2) is 0 Å². The summed E-state index contributed by atoms with van der Waals surface area (Å²) in [6, 6.07) is 0. The number of unbranched alkanes of at least 4 members (excludes halogenated alkanes) is 14. The molecule has 1 aliphatic heterocycles. The zero-order valence-electron chi connectivity index (χ0n) is 15.1. The van der Waals surface area contributed by atoms with E-state index in [2.05, 4.69) is 29.9 Å². The van der Waals surface area contributed by atoms with Gasteiger partial charge >= 0.3 is 0 Å². The fraction of sp³-hybridized carbons (Fsp3) is 0.810. The van der Waals surface area contributed by atoms with Crippen molar-refractivity contribution in [3.05, 3.63) is 23.0 Å². The smallest absolute Gasteiger partial charge is 0.0185 e. The number of hydrogen-bond acceptors (Lipinski definition) is 0. The minimum Gasteiger partial charge on any atom is -0.213 e. The molecule has 0 amide bonds. The summed E-state index contributed by atoms with van der Waals surface area (Å²) in [5.41, 5.74) is 0. The molecule has 1 heteroatoms. The number of rotatable bonds is 16. The van der Waals surface area contributed by atoms with E-state index < -0.39 is 0 Å². The summed E-state index contributed by atoms with van der Waals surface area (Å²) in [6.07, 6.45) is 26.4. The highest BCUT2D eigenvalue weighted by Gasteiger charge is 1.99. The second-order valence-corrected chi connectivity index (χ2v) is 8.94. The van der Waals surface area contributed by atoms with Crippen LogP contribution in [0.25, 0.3) is 0 Å². The molecule has 0 nitrogen and oxygen atoms in total. The van der Waals surface area contributed by atoms with E-state index >= 15 is 0 Å². The first kappa shape index (κ1) is 19.9. The summed E-state index contributed by atoms with van der Waals surface area (Å²) in [5, 5.41) is 4.80. The summed E-state index contributed by atoms with van der Waals surface area (Å²) in [5.74, 6) is 1.43. The molecule has 1 rings (SSSR count). The topological polar surface area (TPSA) is 0 Å². The second kappa shape index (κ2) is 15.7. The van der Waals surface area contributed by atoms with Crippen LogP contribution in [0.15, 0.2) is 23.0 Å². The molecule has 0 atom stereocenters. The number of thiol groups is 1. The maximum Gasteiger partial charge on any atom is -0.0185 e. The lowest BCUT2D eigenvalue weighted by Crippen LogP contribution is -1.85. The van der Waals surface area contributed by atoms with E-state index in [1.165, 1.54) is 102 Å². The molecule has 0 aromatic heterocycles. The summed E-state index contributed by atoms with van der Waals surface area (Å²) < 4.78 is 0. The third-order valence-electron chi connectivity index (χ3n) is 4.69.